The van der Waals surface area contributed by atoms with Gasteiger partial charge in [0, 0.05) is 12.5 Å². The fourth-order valence-corrected chi connectivity index (χ4v) is 4.85. The summed E-state index contributed by atoms with van der Waals surface area (Å²) in [6, 6.07) is 12.1. The molecule has 1 saturated heterocycles. The van der Waals surface area contributed by atoms with Crippen LogP contribution in [0.15, 0.2) is 52.4 Å². The summed E-state index contributed by atoms with van der Waals surface area (Å²) in [6.07, 6.45) is 1.91. The standard InChI is InChI=1S/C26H30N2O6S/c1-26(2,3)21(11-12-22(29)30)28-24(32)20(35-25(28)27-17-9-7-6-8-10-17)15-16-13-18(33-4)23(31)19(14-16)34-5/h6-10,13-15,21,31H,11-12H2,1-5H3,(H,29,30). The molecule has 1 aliphatic heterocycles. The summed E-state index contributed by atoms with van der Waals surface area (Å²) in [5.74, 6) is -0.872. The van der Waals surface area contributed by atoms with Gasteiger partial charge >= 0.3 is 5.97 Å². The third-order valence-corrected chi connectivity index (χ3v) is 6.54. The number of carbonyl (C=O) groups is 2. The molecular formula is C26H30N2O6S. The van der Waals surface area contributed by atoms with Crippen LogP contribution >= 0.6 is 11.8 Å². The summed E-state index contributed by atoms with van der Waals surface area (Å²) >= 11 is 1.22. The lowest BCUT2D eigenvalue weighted by Gasteiger charge is -2.37. The van der Waals surface area contributed by atoms with E-state index < -0.39 is 17.4 Å². The van der Waals surface area contributed by atoms with Crippen LogP contribution in [0.25, 0.3) is 6.08 Å². The van der Waals surface area contributed by atoms with Crippen LogP contribution in [0, 0.1) is 5.41 Å². The van der Waals surface area contributed by atoms with E-state index >= 15 is 0 Å². The van der Waals surface area contributed by atoms with Gasteiger partial charge in [0.05, 0.1) is 24.8 Å². The Hall–Kier alpha value is -3.46. The van der Waals surface area contributed by atoms with Crippen LogP contribution in [-0.4, -0.2) is 52.4 Å². The fourth-order valence-electron chi connectivity index (χ4n) is 3.81. The zero-order chi connectivity index (χ0) is 25.8. The van der Waals surface area contributed by atoms with Crippen LogP contribution in [0.4, 0.5) is 5.69 Å². The van der Waals surface area contributed by atoms with Gasteiger partial charge in [-0.25, -0.2) is 4.99 Å². The number of amidine groups is 1. The van der Waals surface area contributed by atoms with Crippen molar-refractivity contribution >= 4 is 40.6 Å². The van der Waals surface area contributed by atoms with Crippen LogP contribution in [0.1, 0.15) is 39.2 Å². The number of carbonyl (C=O) groups excluding carboxylic acids is 1. The number of para-hydroxylation sites is 1. The van der Waals surface area contributed by atoms with Gasteiger partial charge in [-0.3, -0.25) is 14.5 Å². The highest BCUT2D eigenvalue weighted by molar-refractivity contribution is 8.18. The Kier molecular flexibility index (Phi) is 8.11. The molecule has 1 atom stereocenters. The predicted molar refractivity (Wildman–Crippen MR) is 137 cm³/mol. The number of benzene rings is 2. The van der Waals surface area contributed by atoms with E-state index in [0.29, 0.717) is 21.3 Å². The molecule has 2 aromatic rings. The van der Waals surface area contributed by atoms with E-state index in [1.165, 1.54) is 26.0 Å². The number of carboxylic acids is 1. The molecule has 1 aliphatic rings. The number of thioether (sulfide) groups is 1. The minimum Gasteiger partial charge on any atom is -0.502 e. The van der Waals surface area contributed by atoms with Crippen LogP contribution in [0.3, 0.4) is 0 Å². The first kappa shape index (κ1) is 26.2. The summed E-state index contributed by atoms with van der Waals surface area (Å²) < 4.78 is 10.5. The number of phenols is 1. The average molecular weight is 499 g/mol. The second-order valence-electron chi connectivity index (χ2n) is 9.10. The monoisotopic (exact) mass is 498 g/mol. The Labute approximate surface area is 209 Å². The third-order valence-electron chi connectivity index (χ3n) is 5.56. The highest BCUT2D eigenvalue weighted by Crippen LogP contribution is 2.42. The topological polar surface area (TPSA) is 109 Å². The first-order valence-corrected chi connectivity index (χ1v) is 11.9. The number of hydrogen-bond donors (Lipinski definition) is 2. The number of aromatic hydroxyl groups is 1. The van der Waals surface area contributed by atoms with Crippen molar-refractivity contribution in [2.75, 3.05) is 14.2 Å². The van der Waals surface area contributed by atoms with Crippen molar-refractivity contribution < 1.29 is 29.3 Å². The molecule has 0 aliphatic carbocycles. The van der Waals surface area contributed by atoms with Gasteiger partial charge in [0.1, 0.15) is 0 Å². The summed E-state index contributed by atoms with van der Waals surface area (Å²) in [4.78, 5) is 31.8. The van der Waals surface area contributed by atoms with E-state index in [-0.39, 0.29) is 36.0 Å². The van der Waals surface area contributed by atoms with Crippen molar-refractivity contribution in [1.82, 2.24) is 4.90 Å². The van der Waals surface area contributed by atoms with E-state index in [4.69, 9.17) is 14.5 Å². The van der Waals surface area contributed by atoms with Crippen molar-refractivity contribution in [3.8, 4) is 17.2 Å². The zero-order valence-electron chi connectivity index (χ0n) is 20.4. The molecule has 8 nitrogen and oxygen atoms in total. The van der Waals surface area contributed by atoms with Gasteiger partial charge in [-0.05, 0) is 59.5 Å². The predicted octanol–water partition coefficient (Wildman–Crippen LogP) is 5.29. The number of carboxylic acid groups (broad SMARTS) is 1. The largest absolute Gasteiger partial charge is 0.502 e. The Balaban J connectivity index is 2.10. The number of nitrogens with zero attached hydrogens (tertiary/aromatic N) is 2. The molecule has 186 valence electrons. The lowest BCUT2D eigenvalue weighted by molar-refractivity contribution is -0.138. The van der Waals surface area contributed by atoms with Crippen molar-refractivity contribution in [2.24, 2.45) is 10.4 Å². The van der Waals surface area contributed by atoms with Crippen molar-refractivity contribution in [2.45, 2.75) is 39.7 Å². The van der Waals surface area contributed by atoms with Crippen LogP contribution in [0.5, 0.6) is 17.2 Å². The quantitative estimate of drug-likeness (QED) is 0.476. The second-order valence-corrected chi connectivity index (χ2v) is 10.1. The van der Waals surface area contributed by atoms with Crippen molar-refractivity contribution in [3.63, 3.8) is 0 Å². The molecule has 1 fully saturated rings. The Bertz CT molecular complexity index is 1130. The Morgan fingerprint density at radius 2 is 1.74 bits per heavy atom. The molecule has 2 aromatic carbocycles. The maximum Gasteiger partial charge on any atom is 0.303 e. The van der Waals surface area contributed by atoms with E-state index in [0.717, 1.165) is 0 Å². The molecule has 3 rings (SSSR count). The number of amides is 1. The number of methoxy groups -OCH3 is 2. The molecule has 1 amide bonds. The normalized spacial score (nSPS) is 17.2. The number of phenolic OH excluding ortho intramolecular Hbond substituents is 1. The lowest BCUT2D eigenvalue weighted by atomic mass is 9.83. The minimum atomic E-state index is -0.917. The molecule has 0 bridgehead atoms. The van der Waals surface area contributed by atoms with Gasteiger partial charge < -0.3 is 19.7 Å². The van der Waals surface area contributed by atoms with Crippen LogP contribution in [-0.2, 0) is 9.59 Å². The first-order chi connectivity index (χ1) is 16.5. The number of hydrogen-bond acceptors (Lipinski definition) is 7. The van der Waals surface area contributed by atoms with Gasteiger partial charge in [-0.2, -0.15) is 0 Å². The first-order valence-electron chi connectivity index (χ1n) is 11.1. The average Bonchev–Trinajstić information content (AvgIpc) is 3.09. The second kappa shape index (κ2) is 10.9. The molecule has 9 heteroatoms. The van der Waals surface area contributed by atoms with Crippen molar-refractivity contribution in [1.29, 1.82) is 0 Å². The van der Waals surface area contributed by atoms with Crippen LogP contribution in [0.2, 0.25) is 0 Å². The van der Waals surface area contributed by atoms with Gasteiger partial charge in [0.25, 0.3) is 5.91 Å². The molecule has 0 saturated carbocycles. The Morgan fingerprint density at radius 3 is 2.26 bits per heavy atom. The highest BCUT2D eigenvalue weighted by Gasteiger charge is 2.43. The van der Waals surface area contributed by atoms with Gasteiger partial charge in [0.2, 0.25) is 5.75 Å². The van der Waals surface area contributed by atoms with E-state index in [2.05, 4.69) is 0 Å². The lowest BCUT2D eigenvalue weighted by Crippen LogP contribution is -2.47. The molecule has 35 heavy (non-hydrogen) atoms. The molecular weight excluding hydrogens is 468 g/mol. The molecule has 1 unspecified atom stereocenters. The number of rotatable bonds is 8. The SMILES string of the molecule is COc1cc(C=C2SC(=Nc3ccccc3)N(C(CCC(=O)O)C(C)(C)C)C2=O)cc(OC)c1O. The van der Waals surface area contributed by atoms with Crippen molar-refractivity contribution in [3.05, 3.63) is 52.9 Å². The van der Waals surface area contributed by atoms with Crippen LogP contribution < -0.4 is 9.47 Å². The summed E-state index contributed by atoms with van der Waals surface area (Å²) in [7, 11) is 2.87. The maximum atomic E-state index is 13.7. The van der Waals surface area contributed by atoms with E-state index in [9.17, 15) is 19.8 Å². The summed E-state index contributed by atoms with van der Waals surface area (Å²) in [5, 5.41) is 20.0. The fraction of sp³-hybridized carbons (Fsp3) is 0.346. The smallest absolute Gasteiger partial charge is 0.303 e. The van der Waals surface area contributed by atoms with Gasteiger partial charge in [-0.15, -0.1) is 0 Å². The number of ether oxygens (including phenoxy) is 2. The van der Waals surface area contributed by atoms with Gasteiger partial charge in [-0.1, -0.05) is 39.0 Å². The summed E-state index contributed by atoms with van der Waals surface area (Å²) in [5.41, 5.74) is 0.892. The molecule has 2 N–H and O–H groups in total. The molecule has 0 radical (unpaired) electrons. The minimum absolute atomic E-state index is 0.0690. The highest BCUT2D eigenvalue weighted by atomic mass is 32.2. The Morgan fingerprint density at radius 1 is 1.14 bits per heavy atom. The summed E-state index contributed by atoms with van der Waals surface area (Å²) in [6.45, 7) is 5.94. The van der Waals surface area contributed by atoms with Gasteiger partial charge in [0.15, 0.2) is 16.7 Å². The molecule has 0 spiro atoms. The molecule has 1 heterocycles. The number of aliphatic carboxylic acids is 1. The third kappa shape index (κ3) is 6.16. The molecule has 0 aromatic heterocycles. The van der Waals surface area contributed by atoms with E-state index in [1.807, 2.05) is 51.1 Å². The zero-order valence-corrected chi connectivity index (χ0v) is 21.3. The van der Waals surface area contributed by atoms with E-state index in [1.54, 1.807) is 23.1 Å². The number of aliphatic imine (C=N–C) groups is 1. The maximum absolute atomic E-state index is 13.7.